The number of ether oxygens (including phenoxy) is 1. The first-order valence-electron chi connectivity index (χ1n) is 7.83. The number of aromatic nitrogens is 2. The number of carbonyl (C=O) groups excluding carboxylic acids is 1. The van der Waals surface area contributed by atoms with Crippen LogP contribution in [-0.4, -0.2) is 23.0 Å². The summed E-state index contributed by atoms with van der Waals surface area (Å²) in [6.45, 7) is 2.18. The molecule has 0 aliphatic carbocycles. The lowest BCUT2D eigenvalue weighted by Gasteiger charge is -2.09. The minimum atomic E-state index is -0.178. The molecule has 0 unspecified atom stereocenters. The molecule has 2 N–H and O–H groups in total. The summed E-state index contributed by atoms with van der Waals surface area (Å²) in [4.78, 5) is 21.6. The van der Waals surface area contributed by atoms with Crippen molar-refractivity contribution < 1.29 is 9.53 Å². The fraction of sp³-hybridized carbons (Fsp3) is 0.167. The Kier molecular flexibility index (Phi) is 5.70. The summed E-state index contributed by atoms with van der Waals surface area (Å²) in [7, 11) is 1.61. The van der Waals surface area contributed by atoms with Gasteiger partial charge in [-0.15, -0.1) is 0 Å². The normalized spacial score (nSPS) is 10.4. The van der Waals surface area contributed by atoms with Gasteiger partial charge in [-0.3, -0.25) is 4.79 Å². The minimum absolute atomic E-state index is 0.178. The minimum Gasteiger partial charge on any atom is -0.496 e. The molecule has 8 heteroatoms. The number of thiazole rings is 1. The zero-order chi connectivity index (χ0) is 18.5. The number of rotatable bonds is 6. The molecule has 3 rings (SSSR count). The molecule has 0 spiro atoms. The lowest BCUT2D eigenvalue weighted by molar-refractivity contribution is 0.0954. The van der Waals surface area contributed by atoms with Gasteiger partial charge in [0.25, 0.3) is 5.91 Å². The van der Waals surface area contributed by atoms with Gasteiger partial charge in [0.2, 0.25) is 0 Å². The van der Waals surface area contributed by atoms with Crippen LogP contribution >= 0.6 is 22.9 Å². The highest BCUT2D eigenvalue weighted by Gasteiger charge is 2.16. The second-order valence-electron chi connectivity index (χ2n) is 5.41. The Bertz CT molecular complexity index is 912. The van der Waals surface area contributed by atoms with Crippen molar-refractivity contribution in [1.82, 2.24) is 15.3 Å². The molecule has 0 fully saturated rings. The molecule has 0 aliphatic rings. The number of benzene rings is 1. The summed E-state index contributed by atoms with van der Waals surface area (Å²) < 4.78 is 5.30. The molecule has 0 bridgehead atoms. The van der Waals surface area contributed by atoms with Gasteiger partial charge in [0.15, 0.2) is 5.13 Å². The van der Waals surface area contributed by atoms with Crippen molar-refractivity contribution in [2.45, 2.75) is 13.5 Å². The molecule has 0 saturated heterocycles. The Morgan fingerprint density at radius 3 is 2.81 bits per heavy atom. The summed E-state index contributed by atoms with van der Waals surface area (Å²) in [6, 6.07) is 11.1. The zero-order valence-electron chi connectivity index (χ0n) is 14.2. The van der Waals surface area contributed by atoms with Gasteiger partial charge >= 0.3 is 0 Å². The van der Waals surface area contributed by atoms with Crippen LogP contribution in [0.5, 0.6) is 5.75 Å². The van der Waals surface area contributed by atoms with Crippen LogP contribution in [0.2, 0.25) is 5.02 Å². The van der Waals surface area contributed by atoms with Crippen LogP contribution in [0.4, 0.5) is 10.9 Å². The van der Waals surface area contributed by atoms with Crippen LogP contribution < -0.4 is 15.4 Å². The van der Waals surface area contributed by atoms with Gasteiger partial charge < -0.3 is 15.4 Å². The fourth-order valence-electron chi connectivity index (χ4n) is 2.32. The first-order valence-corrected chi connectivity index (χ1v) is 9.02. The summed E-state index contributed by atoms with van der Waals surface area (Å²) in [5.74, 6) is 1.18. The number of hydrogen-bond donors (Lipinski definition) is 2. The molecule has 3 aromatic rings. The maximum absolute atomic E-state index is 12.5. The fourth-order valence-corrected chi connectivity index (χ4v) is 3.33. The van der Waals surface area contributed by atoms with Crippen molar-refractivity contribution >= 4 is 39.8 Å². The van der Waals surface area contributed by atoms with Gasteiger partial charge in [-0.1, -0.05) is 41.1 Å². The van der Waals surface area contributed by atoms with Gasteiger partial charge in [-0.05, 0) is 25.1 Å². The molecule has 0 radical (unpaired) electrons. The van der Waals surface area contributed by atoms with E-state index in [0.717, 1.165) is 11.3 Å². The van der Waals surface area contributed by atoms with E-state index >= 15 is 0 Å². The standard InChI is InChI=1S/C18H17ClN4O2S/c1-11-16(17(24)21-9-12-5-3-4-6-14(12)25-2)26-18(22-11)23-15-8-7-13(19)10-20-15/h3-8,10H,9H2,1-2H3,(H,21,24)(H,20,22,23). The molecule has 2 aromatic heterocycles. The highest BCUT2D eigenvalue weighted by atomic mass is 35.5. The molecule has 0 saturated carbocycles. The predicted octanol–water partition coefficient (Wildman–Crippen LogP) is 4.18. The predicted molar refractivity (Wildman–Crippen MR) is 104 cm³/mol. The SMILES string of the molecule is COc1ccccc1CNC(=O)c1sc(Nc2ccc(Cl)cn2)nc1C. The lowest BCUT2D eigenvalue weighted by Crippen LogP contribution is -2.22. The van der Waals surface area contributed by atoms with E-state index in [2.05, 4.69) is 20.6 Å². The number of halogens is 1. The third kappa shape index (κ3) is 4.30. The number of aryl methyl sites for hydroxylation is 1. The summed E-state index contributed by atoms with van der Waals surface area (Å²) in [5, 5.41) is 7.14. The van der Waals surface area contributed by atoms with E-state index in [4.69, 9.17) is 16.3 Å². The van der Waals surface area contributed by atoms with Crippen molar-refractivity contribution in [2.24, 2.45) is 0 Å². The molecule has 6 nitrogen and oxygen atoms in total. The van der Waals surface area contributed by atoms with Gasteiger partial charge in [0.05, 0.1) is 17.8 Å². The second-order valence-corrected chi connectivity index (χ2v) is 6.85. The number of nitrogens with zero attached hydrogens (tertiary/aromatic N) is 2. The zero-order valence-corrected chi connectivity index (χ0v) is 15.8. The molecular weight excluding hydrogens is 372 g/mol. The topological polar surface area (TPSA) is 76.1 Å². The maximum Gasteiger partial charge on any atom is 0.263 e. The number of nitrogens with one attached hydrogen (secondary N) is 2. The van der Waals surface area contributed by atoms with Crippen LogP contribution in [0.1, 0.15) is 20.9 Å². The lowest BCUT2D eigenvalue weighted by atomic mass is 10.2. The largest absolute Gasteiger partial charge is 0.496 e. The Morgan fingerprint density at radius 2 is 2.08 bits per heavy atom. The third-order valence-electron chi connectivity index (χ3n) is 3.60. The highest BCUT2D eigenvalue weighted by Crippen LogP contribution is 2.26. The Morgan fingerprint density at radius 1 is 1.27 bits per heavy atom. The van der Waals surface area contributed by atoms with Gasteiger partial charge in [0, 0.05) is 18.3 Å². The molecule has 0 atom stereocenters. The smallest absolute Gasteiger partial charge is 0.263 e. The van der Waals surface area contributed by atoms with Crippen LogP contribution in [0.25, 0.3) is 0 Å². The Labute approximate surface area is 160 Å². The summed E-state index contributed by atoms with van der Waals surface area (Å²) >= 11 is 7.10. The summed E-state index contributed by atoms with van der Waals surface area (Å²) in [6.07, 6.45) is 1.55. The Balaban J connectivity index is 1.68. The van der Waals surface area contributed by atoms with E-state index in [1.54, 1.807) is 32.4 Å². The quantitative estimate of drug-likeness (QED) is 0.662. The highest BCUT2D eigenvalue weighted by molar-refractivity contribution is 7.17. The number of amides is 1. The third-order valence-corrected chi connectivity index (χ3v) is 4.89. The van der Waals surface area contributed by atoms with E-state index < -0.39 is 0 Å². The monoisotopic (exact) mass is 388 g/mol. The average molecular weight is 389 g/mol. The van der Waals surface area contributed by atoms with E-state index in [0.29, 0.717) is 33.1 Å². The average Bonchev–Trinajstić information content (AvgIpc) is 3.02. The molecule has 0 aliphatic heterocycles. The number of hydrogen-bond acceptors (Lipinski definition) is 6. The number of carbonyl (C=O) groups is 1. The van der Waals surface area contributed by atoms with Gasteiger partial charge in [-0.25, -0.2) is 9.97 Å². The van der Waals surface area contributed by atoms with Crippen molar-refractivity contribution in [3.05, 3.63) is 63.8 Å². The first-order chi connectivity index (χ1) is 12.6. The van der Waals surface area contributed by atoms with E-state index in [1.807, 2.05) is 24.3 Å². The molecular formula is C18H17ClN4O2S. The van der Waals surface area contributed by atoms with Crippen LogP contribution in [0.15, 0.2) is 42.6 Å². The molecule has 1 aromatic carbocycles. The number of methoxy groups -OCH3 is 1. The van der Waals surface area contributed by atoms with Crippen molar-refractivity contribution in [1.29, 1.82) is 0 Å². The molecule has 134 valence electrons. The van der Waals surface area contributed by atoms with E-state index in [9.17, 15) is 4.79 Å². The van der Waals surface area contributed by atoms with Crippen LogP contribution in [0, 0.1) is 6.92 Å². The number of para-hydroxylation sites is 1. The van der Waals surface area contributed by atoms with Crippen LogP contribution in [0.3, 0.4) is 0 Å². The summed E-state index contributed by atoms with van der Waals surface area (Å²) in [5.41, 5.74) is 1.57. The van der Waals surface area contributed by atoms with Crippen molar-refractivity contribution in [3.8, 4) is 5.75 Å². The number of pyridine rings is 1. The van der Waals surface area contributed by atoms with E-state index in [1.165, 1.54) is 11.3 Å². The van der Waals surface area contributed by atoms with Gasteiger partial charge in [-0.2, -0.15) is 0 Å². The first kappa shape index (κ1) is 18.2. The van der Waals surface area contributed by atoms with Crippen molar-refractivity contribution in [2.75, 3.05) is 12.4 Å². The van der Waals surface area contributed by atoms with E-state index in [-0.39, 0.29) is 5.91 Å². The maximum atomic E-state index is 12.5. The number of anilines is 2. The molecule has 2 heterocycles. The van der Waals surface area contributed by atoms with Crippen molar-refractivity contribution in [3.63, 3.8) is 0 Å². The van der Waals surface area contributed by atoms with Gasteiger partial charge in [0.1, 0.15) is 16.4 Å². The molecule has 26 heavy (non-hydrogen) atoms. The second kappa shape index (κ2) is 8.16. The molecule has 1 amide bonds. The Hall–Kier alpha value is -2.64. The van der Waals surface area contributed by atoms with Crippen LogP contribution in [-0.2, 0) is 6.54 Å².